The molecule has 1 saturated heterocycles. The van der Waals surface area contributed by atoms with Gasteiger partial charge in [-0.2, -0.15) is 4.31 Å². The summed E-state index contributed by atoms with van der Waals surface area (Å²) in [6, 6.07) is 13.8. The Labute approximate surface area is 181 Å². The zero-order valence-electron chi connectivity index (χ0n) is 17.5. The summed E-state index contributed by atoms with van der Waals surface area (Å²) in [5.41, 5.74) is 1.78. The summed E-state index contributed by atoms with van der Waals surface area (Å²) in [6.07, 6.45) is 0.960. The van der Waals surface area contributed by atoms with Crippen molar-refractivity contribution in [2.24, 2.45) is 5.92 Å². The number of aromatic amines is 1. The largest absolute Gasteiger partial charge is 0.497 e. The van der Waals surface area contributed by atoms with Gasteiger partial charge in [-0.05, 0) is 56.2 Å². The second kappa shape index (κ2) is 8.68. The predicted octanol–water partition coefficient (Wildman–Crippen LogP) is 2.85. The van der Waals surface area contributed by atoms with Gasteiger partial charge in [0.05, 0.1) is 29.1 Å². The molecular formula is C22H26N4O4S. The Kier molecular flexibility index (Phi) is 5.97. The Morgan fingerprint density at radius 3 is 2.48 bits per heavy atom. The maximum Gasteiger partial charge on any atom is 0.243 e. The van der Waals surface area contributed by atoms with E-state index in [0.29, 0.717) is 37.5 Å². The summed E-state index contributed by atoms with van der Waals surface area (Å²) in [4.78, 5) is 20.8. The van der Waals surface area contributed by atoms with Crippen LogP contribution in [0.3, 0.4) is 0 Å². The highest BCUT2D eigenvalue weighted by atomic mass is 32.2. The SMILES string of the molecule is COc1ccc(S(=O)(=O)N2CCC(C(=O)NC(C)c3nc4ccccc4[nH]3)CC2)cc1. The first kappa shape index (κ1) is 21.3. The summed E-state index contributed by atoms with van der Waals surface area (Å²) in [7, 11) is -2.05. The van der Waals surface area contributed by atoms with E-state index < -0.39 is 10.0 Å². The van der Waals surface area contributed by atoms with Crippen LogP contribution in [0.2, 0.25) is 0 Å². The molecule has 0 radical (unpaired) electrons. The number of nitrogens with zero attached hydrogens (tertiary/aromatic N) is 2. The minimum atomic E-state index is -3.59. The van der Waals surface area contributed by atoms with Crippen molar-refractivity contribution in [1.82, 2.24) is 19.6 Å². The molecule has 31 heavy (non-hydrogen) atoms. The van der Waals surface area contributed by atoms with E-state index in [-0.39, 0.29) is 22.8 Å². The van der Waals surface area contributed by atoms with Gasteiger partial charge in [-0.25, -0.2) is 13.4 Å². The van der Waals surface area contributed by atoms with Gasteiger partial charge in [-0.15, -0.1) is 0 Å². The number of nitrogens with one attached hydrogen (secondary N) is 2. The summed E-state index contributed by atoms with van der Waals surface area (Å²) < 4.78 is 32.3. The first-order chi connectivity index (χ1) is 14.9. The third kappa shape index (κ3) is 4.42. The second-order valence-corrected chi connectivity index (χ2v) is 9.66. The molecule has 1 atom stereocenters. The minimum absolute atomic E-state index is 0.0746. The lowest BCUT2D eigenvalue weighted by atomic mass is 9.97. The molecule has 2 heterocycles. The van der Waals surface area contributed by atoms with Crippen molar-refractivity contribution in [2.45, 2.75) is 30.7 Å². The number of sulfonamides is 1. The Balaban J connectivity index is 1.35. The lowest BCUT2D eigenvalue weighted by Gasteiger charge is -2.31. The van der Waals surface area contributed by atoms with Crippen LogP contribution in [-0.4, -0.2) is 48.8 Å². The molecule has 3 aromatic rings. The van der Waals surface area contributed by atoms with Gasteiger partial charge in [0.2, 0.25) is 15.9 Å². The molecule has 8 nitrogen and oxygen atoms in total. The molecule has 1 fully saturated rings. The highest BCUT2D eigenvalue weighted by Crippen LogP contribution is 2.26. The Morgan fingerprint density at radius 1 is 1.16 bits per heavy atom. The molecule has 0 aliphatic carbocycles. The number of ether oxygens (including phenoxy) is 1. The van der Waals surface area contributed by atoms with E-state index in [2.05, 4.69) is 15.3 Å². The van der Waals surface area contributed by atoms with E-state index in [1.165, 1.54) is 11.4 Å². The van der Waals surface area contributed by atoms with Crippen LogP contribution in [0, 0.1) is 5.92 Å². The molecule has 4 rings (SSSR count). The van der Waals surface area contributed by atoms with Crippen molar-refractivity contribution in [3.05, 3.63) is 54.4 Å². The van der Waals surface area contributed by atoms with E-state index in [1.54, 1.807) is 24.3 Å². The molecule has 1 aliphatic heterocycles. The molecule has 9 heteroatoms. The summed E-state index contributed by atoms with van der Waals surface area (Å²) in [6.45, 7) is 2.51. The van der Waals surface area contributed by atoms with E-state index in [0.717, 1.165) is 11.0 Å². The van der Waals surface area contributed by atoms with Crippen LogP contribution in [0.25, 0.3) is 11.0 Å². The second-order valence-electron chi connectivity index (χ2n) is 7.72. The number of H-pyrrole nitrogens is 1. The smallest absolute Gasteiger partial charge is 0.243 e. The van der Waals surface area contributed by atoms with Crippen LogP contribution >= 0.6 is 0 Å². The number of benzene rings is 2. The van der Waals surface area contributed by atoms with Crippen LogP contribution in [0.15, 0.2) is 53.4 Å². The number of piperidine rings is 1. The molecule has 1 aliphatic rings. The lowest BCUT2D eigenvalue weighted by Crippen LogP contribution is -2.43. The average Bonchev–Trinajstić information content (AvgIpc) is 3.24. The molecule has 0 bridgehead atoms. The number of amides is 1. The molecule has 1 aromatic heterocycles. The van der Waals surface area contributed by atoms with Crippen LogP contribution in [0.5, 0.6) is 5.75 Å². The van der Waals surface area contributed by atoms with Gasteiger partial charge in [-0.3, -0.25) is 4.79 Å². The first-order valence-electron chi connectivity index (χ1n) is 10.3. The van der Waals surface area contributed by atoms with Crippen molar-refractivity contribution in [1.29, 1.82) is 0 Å². The van der Waals surface area contributed by atoms with Gasteiger partial charge in [0.1, 0.15) is 11.6 Å². The van der Waals surface area contributed by atoms with Crippen LogP contribution in [-0.2, 0) is 14.8 Å². The van der Waals surface area contributed by atoms with Gasteiger partial charge < -0.3 is 15.0 Å². The zero-order chi connectivity index (χ0) is 22.0. The van der Waals surface area contributed by atoms with Crippen LogP contribution in [0.4, 0.5) is 0 Å². The minimum Gasteiger partial charge on any atom is -0.497 e. The van der Waals surface area contributed by atoms with Gasteiger partial charge in [0, 0.05) is 19.0 Å². The van der Waals surface area contributed by atoms with Crippen LogP contribution < -0.4 is 10.1 Å². The normalized spacial score (nSPS) is 16.8. The highest BCUT2D eigenvalue weighted by molar-refractivity contribution is 7.89. The van der Waals surface area contributed by atoms with Crippen LogP contribution in [0.1, 0.15) is 31.6 Å². The van der Waals surface area contributed by atoms with Crippen molar-refractivity contribution < 1.29 is 17.9 Å². The molecule has 2 N–H and O–H groups in total. The van der Waals surface area contributed by atoms with Gasteiger partial charge in [0.25, 0.3) is 0 Å². The quantitative estimate of drug-likeness (QED) is 0.611. The third-order valence-electron chi connectivity index (χ3n) is 5.70. The molecule has 0 spiro atoms. The Bertz CT molecular complexity index is 1130. The van der Waals surface area contributed by atoms with Gasteiger partial charge in [-0.1, -0.05) is 12.1 Å². The van der Waals surface area contributed by atoms with E-state index >= 15 is 0 Å². The fourth-order valence-corrected chi connectivity index (χ4v) is 5.30. The number of carbonyl (C=O) groups is 1. The fraction of sp³-hybridized carbons (Fsp3) is 0.364. The summed E-state index contributed by atoms with van der Waals surface area (Å²) in [5, 5.41) is 3.01. The molecule has 1 unspecified atom stereocenters. The number of rotatable bonds is 6. The van der Waals surface area contributed by atoms with Gasteiger partial charge in [0.15, 0.2) is 0 Å². The van der Waals surface area contributed by atoms with E-state index in [4.69, 9.17) is 4.74 Å². The summed E-state index contributed by atoms with van der Waals surface area (Å²) >= 11 is 0. The Hall–Kier alpha value is -2.91. The monoisotopic (exact) mass is 442 g/mol. The zero-order valence-corrected chi connectivity index (χ0v) is 18.4. The Morgan fingerprint density at radius 2 is 1.84 bits per heavy atom. The standard InChI is InChI=1S/C22H26N4O4S/c1-15(21-24-19-5-3-4-6-20(19)25-21)23-22(27)16-11-13-26(14-12-16)31(28,29)18-9-7-17(30-2)8-10-18/h3-10,15-16H,11-14H2,1-2H3,(H,23,27)(H,24,25). The number of para-hydroxylation sites is 2. The first-order valence-corrected chi connectivity index (χ1v) is 11.7. The number of carbonyl (C=O) groups excluding carboxylic acids is 1. The predicted molar refractivity (Wildman–Crippen MR) is 117 cm³/mol. The fourth-order valence-electron chi connectivity index (χ4n) is 3.83. The van der Waals surface area contributed by atoms with Crippen molar-refractivity contribution in [2.75, 3.05) is 20.2 Å². The molecular weight excluding hydrogens is 416 g/mol. The van der Waals surface area contributed by atoms with Crippen molar-refractivity contribution in [3.63, 3.8) is 0 Å². The lowest BCUT2D eigenvalue weighted by molar-refractivity contribution is -0.126. The maximum absolute atomic E-state index is 12.9. The molecule has 164 valence electrons. The number of hydrogen-bond acceptors (Lipinski definition) is 5. The number of fused-ring (bicyclic) bond motifs is 1. The molecule has 0 saturated carbocycles. The van der Waals surface area contributed by atoms with Crippen molar-refractivity contribution >= 4 is 27.0 Å². The third-order valence-corrected chi connectivity index (χ3v) is 7.61. The van der Waals surface area contributed by atoms with E-state index in [1.807, 2.05) is 31.2 Å². The number of methoxy groups -OCH3 is 1. The van der Waals surface area contributed by atoms with Crippen molar-refractivity contribution in [3.8, 4) is 5.75 Å². The van der Waals surface area contributed by atoms with Gasteiger partial charge >= 0.3 is 0 Å². The molecule has 1 amide bonds. The highest BCUT2D eigenvalue weighted by Gasteiger charge is 2.32. The van der Waals surface area contributed by atoms with E-state index in [9.17, 15) is 13.2 Å². The number of imidazole rings is 1. The maximum atomic E-state index is 12.9. The average molecular weight is 443 g/mol. The number of aromatic nitrogens is 2. The topological polar surface area (TPSA) is 104 Å². The number of hydrogen-bond donors (Lipinski definition) is 2. The molecule has 2 aromatic carbocycles. The summed E-state index contributed by atoms with van der Waals surface area (Å²) in [5.74, 6) is 1.01.